The highest BCUT2D eigenvalue weighted by Gasteiger charge is 1.83. The lowest BCUT2D eigenvalue weighted by molar-refractivity contribution is 0.697. The van der Waals surface area contributed by atoms with E-state index in [1.165, 1.54) is 38.5 Å². The van der Waals surface area contributed by atoms with Gasteiger partial charge in [-0.05, 0) is 89.9 Å². The lowest BCUT2D eigenvalue weighted by Crippen LogP contribution is -1.72. The quantitative estimate of drug-likeness (QED) is 0.120. The largest absolute Gasteiger partial charge is 0.103 e. The molecule has 0 fully saturated rings. The SMILES string of the molecule is C=CCC=C.C=CCCC=C.C=CCCCC=C.C=CCCCCC=C.C=CCCCCCC=C. The molecule has 0 aliphatic carbocycles. The molecule has 0 aliphatic rings. The van der Waals surface area contributed by atoms with Crippen LogP contribution in [0.3, 0.4) is 0 Å². The summed E-state index contributed by atoms with van der Waals surface area (Å²) in [6, 6.07) is 0. The van der Waals surface area contributed by atoms with Gasteiger partial charge >= 0.3 is 0 Å². The topological polar surface area (TPSA) is 0 Å². The van der Waals surface area contributed by atoms with Gasteiger partial charge in [0.05, 0.1) is 0 Å². The lowest BCUT2D eigenvalue weighted by Gasteiger charge is -1.92. The Balaban J connectivity index is -0.000000109. The molecule has 0 heterocycles. The molecule has 200 valence electrons. The first-order valence-corrected chi connectivity index (χ1v) is 13.2. The van der Waals surface area contributed by atoms with Crippen LogP contribution in [0.25, 0.3) is 0 Å². The van der Waals surface area contributed by atoms with E-state index in [0.29, 0.717) is 0 Å². The first-order chi connectivity index (χ1) is 17.1. The third kappa shape index (κ3) is 89.6. The predicted molar refractivity (Wildman–Crippen MR) is 171 cm³/mol. The highest BCUT2D eigenvalue weighted by molar-refractivity contribution is 4.79. The fourth-order valence-electron chi connectivity index (χ4n) is 2.09. The molecule has 35 heavy (non-hydrogen) atoms. The van der Waals surface area contributed by atoms with Gasteiger partial charge in [0, 0.05) is 0 Å². The van der Waals surface area contributed by atoms with Crippen molar-refractivity contribution in [1.29, 1.82) is 0 Å². The van der Waals surface area contributed by atoms with Crippen LogP contribution in [0.5, 0.6) is 0 Å². The van der Waals surface area contributed by atoms with Crippen molar-refractivity contribution in [2.24, 2.45) is 0 Å². The molecule has 0 radical (unpaired) electrons. The summed E-state index contributed by atoms with van der Waals surface area (Å²) in [5.74, 6) is 0. The molecule has 0 spiro atoms. The van der Waals surface area contributed by atoms with Crippen LogP contribution in [-0.4, -0.2) is 0 Å². The molecule has 0 heteroatoms. The minimum Gasteiger partial charge on any atom is -0.103 e. The van der Waals surface area contributed by atoms with E-state index >= 15 is 0 Å². The Kier molecular flexibility index (Phi) is 70.3. The minimum absolute atomic E-state index is 0.917. The highest BCUT2D eigenvalue weighted by atomic mass is 13.9. The summed E-state index contributed by atoms with van der Waals surface area (Å²) in [6.07, 6.45) is 36.7. The highest BCUT2D eigenvalue weighted by Crippen LogP contribution is 2.02. The number of hydrogen-bond acceptors (Lipinski definition) is 0. The second-order valence-corrected chi connectivity index (χ2v) is 7.55. The van der Waals surface area contributed by atoms with Crippen molar-refractivity contribution >= 4 is 0 Å². The van der Waals surface area contributed by atoms with Crippen molar-refractivity contribution in [3.63, 3.8) is 0 Å². The Hall–Kier alpha value is -2.60. The summed E-state index contributed by atoms with van der Waals surface area (Å²) in [7, 11) is 0. The number of unbranched alkanes of at least 4 members (excludes halogenated alkanes) is 10. The summed E-state index contributed by atoms with van der Waals surface area (Å²) in [5.41, 5.74) is 0. The van der Waals surface area contributed by atoms with Crippen molar-refractivity contribution in [3.8, 4) is 0 Å². The van der Waals surface area contributed by atoms with E-state index in [0.717, 1.165) is 57.8 Å². The van der Waals surface area contributed by atoms with Crippen molar-refractivity contribution in [1.82, 2.24) is 0 Å². The molecule has 0 aromatic rings. The molecular formula is C35H60. The van der Waals surface area contributed by atoms with Crippen molar-refractivity contribution < 1.29 is 0 Å². The van der Waals surface area contributed by atoms with Crippen LogP contribution >= 0.6 is 0 Å². The summed E-state index contributed by atoms with van der Waals surface area (Å²) >= 11 is 0. The molecule has 0 aromatic heterocycles. The van der Waals surface area contributed by atoms with Gasteiger partial charge in [-0.25, -0.2) is 0 Å². The molecule has 0 aromatic carbocycles. The van der Waals surface area contributed by atoms with Gasteiger partial charge in [0.25, 0.3) is 0 Å². The van der Waals surface area contributed by atoms with Crippen LogP contribution in [0.1, 0.15) is 96.3 Å². The fourth-order valence-corrected chi connectivity index (χ4v) is 2.09. The first-order valence-electron chi connectivity index (χ1n) is 13.2. The van der Waals surface area contributed by atoms with Crippen LogP contribution in [-0.2, 0) is 0 Å². The average Bonchev–Trinajstić information content (AvgIpc) is 2.88. The molecule has 0 rings (SSSR count). The van der Waals surface area contributed by atoms with Crippen LogP contribution in [0, 0.1) is 0 Å². The second kappa shape index (κ2) is 57.8. The molecule has 0 aliphatic heterocycles. The van der Waals surface area contributed by atoms with Gasteiger partial charge in [0.2, 0.25) is 0 Å². The van der Waals surface area contributed by atoms with Gasteiger partial charge in [-0.3, -0.25) is 0 Å². The molecule has 0 unspecified atom stereocenters. The molecule has 0 atom stereocenters. The molecule has 0 N–H and O–H groups in total. The minimum atomic E-state index is 0.917. The summed E-state index contributed by atoms with van der Waals surface area (Å²) < 4.78 is 0. The van der Waals surface area contributed by atoms with E-state index in [1.807, 2.05) is 60.8 Å². The van der Waals surface area contributed by atoms with Gasteiger partial charge in [-0.1, -0.05) is 67.2 Å². The maximum absolute atomic E-state index is 3.66. The molecule has 0 bridgehead atoms. The zero-order valence-electron chi connectivity index (χ0n) is 23.5. The van der Waals surface area contributed by atoms with E-state index in [9.17, 15) is 0 Å². The average molecular weight is 481 g/mol. The monoisotopic (exact) mass is 480 g/mol. The van der Waals surface area contributed by atoms with E-state index in [2.05, 4.69) is 65.8 Å². The standard InChI is InChI=1S/C9H16.C8H14.C7H12.C6H10.C5H8/c1-3-5-7-9-8-6-4-2;1-3-5-7-8-6-4-2;1-3-5-7-6-4-2;1-3-5-6-4-2;1-3-5-4-2/h3-4H,1-2,5-9H2;3-4H,1-2,5-8H2;3-4H,1-2,5-7H2;3-4H,1-2,5-6H2;3-4H,1-2,5H2. The molecule has 0 saturated heterocycles. The van der Waals surface area contributed by atoms with E-state index < -0.39 is 0 Å². The Bertz CT molecular complexity index is 432. The smallest absolute Gasteiger partial charge is 0.0175 e. The van der Waals surface area contributed by atoms with Gasteiger partial charge in [-0.2, -0.15) is 0 Å². The van der Waals surface area contributed by atoms with Gasteiger partial charge in [0.1, 0.15) is 0 Å². The maximum atomic E-state index is 3.66. The van der Waals surface area contributed by atoms with Crippen LogP contribution in [0.2, 0.25) is 0 Å². The Labute approximate surface area is 222 Å². The number of rotatable bonds is 20. The van der Waals surface area contributed by atoms with Crippen molar-refractivity contribution in [2.45, 2.75) is 96.3 Å². The van der Waals surface area contributed by atoms with Gasteiger partial charge in [-0.15, -0.1) is 65.8 Å². The third-order valence-electron chi connectivity index (χ3n) is 4.11. The summed E-state index contributed by atoms with van der Waals surface area (Å²) in [5, 5.41) is 0. The zero-order valence-corrected chi connectivity index (χ0v) is 23.5. The van der Waals surface area contributed by atoms with Crippen LogP contribution < -0.4 is 0 Å². The van der Waals surface area contributed by atoms with Gasteiger partial charge < -0.3 is 0 Å². The Morgan fingerprint density at radius 2 is 0.457 bits per heavy atom. The van der Waals surface area contributed by atoms with E-state index in [-0.39, 0.29) is 0 Å². The maximum Gasteiger partial charge on any atom is -0.0175 e. The van der Waals surface area contributed by atoms with Crippen LogP contribution in [0.15, 0.2) is 127 Å². The molecular weight excluding hydrogens is 420 g/mol. The zero-order chi connectivity index (χ0) is 27.7. The molecule has 0 nitrogen and oxygen atoms in total. The molecule has 0 saturated carbocycles. The Morgan fingerprint density at radius 3 is 0.657 bits per heavy atom. The van der Waals surface area contributed by atoms with Crippen LogP contribution in [0.4, 0.5) is 0 Å². The summed E-state index contributed by atoms with van der Waals surface area (Å²) in [6.45, 7) is 35.8. The molecule has 0 amide bonds. The third-order valence-corrected chi connectivity index (χ3v) is 4.11. The van der Waals surface area contributed by atoms with Crippen molar-refractivity contribution in [3.05, 3.63) is 127 Å². The lowest BCUT2D eigenvalue weighted by atomic mass is 10.1. The van der Waals surface area contributed by atoms with Crippen molar-refractivity contribution in [2.75, 3.05) is 0 Å². The van der Waals surface area contributed by atoms with E-state index in [1.54, 1.807) is 0 Å². The summed E-state index contributed by atoms with van der Waals surface area (Å²) in [4.78, 5) is 0. The first kappa shape index (κ1) is 42.6. The Morgan fingerprint density at radius 1 is 0.229 bits per heavy atom. The fraction of sp³-hybridized carbons (Fsp3) is 0.429. The van der Waals surface area contributed by atoms with Gasteiger partial charge in [0.15, 0.2) is 0 Å². The predicted octanol–water partition coefficient (Wildman–Crippen LogP) is 12.6. The van der Waals surface area contributed by atoms with E-state index in [4.69, 9.17) is 0 Å². The number of hydrogen-bond donors (Lipinski definition) is 0. The normalized spacial score (nSPS) is 8.00. The number of allylic oxidation sites excluding steroid dienone is 10. The second-order valence-electron chi connectivity index (χ2n) is 7.55.